The van der Waals surface area contributed by atoms with Gasteiger partial charge in [-0.2, -0.15) is 0 Å². The molecule has 2 N–H and O–H groups in total. The molecule has 0 saturated heterocycles. The number of aryl methyl sites for hydroxylation is 2. The summed E-state index contributed by atoms with van der Waals surface area (Å²) >= 11 is 1.69. The fourth-order valence-corrected chi connectivity index (χ4v) is 2.47. The van der Waals surface area contributed by atoms with Crippen LogP contribution in [0.15, 0.2) is 28.2 Å². The summed E-state index contributed by atoms with van der Waals surface area (Å²) in [4.78, 5) is 4.41. The zero-order valence-corrected chi connectivity index (χ0v) is 10.2. The molecule has 0 aliphatic carbocycles. The van der Waals surface area contributed by atoms with Gasteiger partial charge in [0.2, 0.25) is 0 Å². The average Bonchev–Trinajstić information content (AvgIpc) is 2.87. The van der Waals surface area contributed by atoms with E-state index in [1.54, 1.807) is 17.6 Å². The fraction of sp³-hybridized carbons (Fsp3) is 0.417. The predicted molar refractivity (Wildman–Crippen MR) is 65.6 cm³/mol. The SMILES string of the molecule is Cc1csc(CC(N)CCc2ccco2)n1. The summed E-state index contributed by atoms with van der Waals surface area (Å²) in [5.74, 6) is 1.01. The molecule has 0 aromatic carbocycles. The molecule has 16 heavy (non-hydrogen) atoms. The number of hydrogen-bond acceptors (Lipinski definition) is 4. The molecule has 0 aliphatic heterocycles. The van der Waals surface area contributed by atoms with Gasteiger partial charge in [-0.1, -0.05) is 0 Å². The van der Waals surface area contributed by atoms with Gasteiger partial charge < -0.3 is 10.2 Å². The Labute approximate surface area is 99.3 Å². The lowest BCUT2D eigenvalue weighted by molar-refractivity contribution is 0.483. The molecule has 2 aromatic heterocycles. The summed E-state index contributed by atoms with van der Waals surface area (Å²) in [5, 5.41) is 3.19. The second-order valence-electron chi connectivity index (χ2n) is 3.96. The number of rotatable bonds is 5. The molecule has 0 bridgehead atoms. The van der Waals surface area contributed by atoms with Crippen molar-refractivity contribution in [2.75, 3.05) is 0 Å². The average molecular weight is 236 g/mol. The maximum atomic E-state index is 6.06. The van der Waals surface area contributed by atoms with E-state index in [4.69, 9.17) is 10.2 Å². The van der Waals surface area contributed by atoms with Crippen LogP contribution in [0.25, 0.3) is 0 Å². The molecule has 0 fully saturated rings. The molecule has 0 saturated carbocycles. The molecule has 2 aromatic rings. The zero-order valence-electron chi connectivity index (χ0n) is 9.35. The highest BCUT2D eigenvalue weighted by molar-refractivity contribution is 7.09. The lowest BCUT2D eigenvalue weighted by Crippen LogP contribution is -2.23. The Morgan fingerprint density at radius 3 is 3.06 bits per heavy atom. The third-order valence-corrected chi connectivity index (χ3v) is 3.43. The van der Waals surface area contributed by atoms with Crippen molar-refractivity contribution in [1.29, 1.82) is 0 Å². The molecule has 4 heteroatoms. The Morgan fingerprint density at radius 2 is 2.44 bits per heavy atom. The van der Waals surface area contributed by atoms with Gasteiger partial charge in [-0.25, -0.2) is 4.98 Å². The largest absolute Gasteiger partial charge is 0.469 e. The first-order chi connectivity index (χ1) is 7.74. The number of aromatic nitrogens is 1. The Balaban J connectivity index is 1.78. The van der Waals surface area contributed by atoms with Gasteiger partial charge in [0, 0.05) is 30.0 Å². The minimum Gasteiger partial charge on any atom is -0.469 e. The highest BCUT2D eigenvalue weighted by Crippen LogP contribution is 2.13. The molecule has 0 spiro atoms. The van der Waals surface area contributed by atoms with Crippen molar-refractivity contribution in [3.05, 3.63) is 40.2 Å². The minimum atomic E-state index is 0.163. The van der Waals surface area contributed by atoms with Crippen LogP contribution >= 0.6 is 11.3 Å². The molecule has 2 heterocycles. The normalized spacial score (nSPS) is 12.9. The lowest BCUT2D eigenvalue weighted by Gasteiger charge is -2.07. The van der Waals surface area contributed by atoms with E-state index in [2.05, 4.69) is 10.4 Å². The Kier molecular flexibility index (Phi) is 3.74. The zero-order chi connectivity index (χ0) is 11.4. The third kappa shape index (κ3) is 3.18. The summed E-state index contributed by atoms with van der Waals surface area (Å²) in [6, 6.07) is 4.06. The van der Waals surface area contributed by atoms with Crippen LogP contribution < -0.4 is 5.73 Å². The summed E-state index contributed by atoms with van der Waals surface area (Å²) in [7, 11) is 0. The van der Waals surface area contributed by atoms with Crippen LogP contribution in [-0.4, -0.2) is 11.0 Å². The Bertz CT molecular complexity index is 422. The van der Waals surface area contributed by atoms with Crippen LogP contribution in [0.4, 0.5) is 0 Å². The highest BCUT2D eigenvalue weighted by Gasteiger charge is 2.08. The predicted octanol–water partition coefficient (Wildman–Crippen LogP) is 2.55. The molecule has 0 radical (unpaired) electrons. The highest BCUT2D eigenvalue weighted by atomic mass is 32.1. The van der Waals surface area contributed by atoms with Crippen molar-refractivity contribution >= 4 is 11.3 Å². The number of nitrogens with zero attached hydrogens (tertiary/aromatic N) is 1. The van der Waals surface area contributed by atoms with E-state index in [1.807, 2.05) is 19.1 Å². The first-order valence-electron chi connectivity index (χ1n) is 5.43. The molecule has 1 unspecified atom stereocenters. The van der Waals surface area contributed by atoms with Gasteiger partial charge in [0.1, 0.15) is 5.76 Å². The van der Waals surface area contributed by atoms with E-state index in [0.29, 0.717) is 0 Å². The van der Waals surface area contributed by atoms with Crippen molar-refractivity contribution < 1.29 is 4.42 Å². The first-order valence-corrected chi connectivity index (χ1v) is 6.31. The van der Waals surface area contributed by atoms with E-state index in [0.717, 1.165) is 35.7 Å². The minimum absolute atomic E-state index is 0.163. The van der Waals surface area contributed by atoms with Gasteiger partial charge in [0.25, 0.3) is 0 Å². The van der Waals surface area contributed by atoms with Crippen molar-refractivity contribution in [3.8, 4) is 0 Å². The topological polar surface area (TPSA) is 52.0 Å². The molecule has 0 aliphatic rings. The van der Waals surface area contributed by atoms with E-state index >= 15 is 0 Å². The van der Waals surface area contributed by atoms with Crippen molar-refractivity contribution in [3.63, 3.8) is 0 Å². The van der Waals surface area contributed by atoms with E-state index < -0.39 is 0 Å². The second-order valence-corrected chi connectivity index (χ2v) is 4.91. The quantitative estimate of drug-likeness (QED) is 0.868. The monoisotopic (exact) mass is 236 g/mol. The summed E-state index contributed by atoms with van der Waals surface area (Å²) in [6.45, 7) is 2.01. The molecule has 1 atom stereocenters. The summed E-state index contributed by atoms with van der Waals surface area (Å²) in [5.41, 5.74) is 7.14. The van der Waals surface area contributed by atoms with Gasteiger partial charge in [-0.3, -0.25) is 0 Å². The number of thiazole rings is 1. The maximum Gasteiger partial charge on any atom is 0.103 e. The fourth-order valence-electron chi connectivity index (χ4n) is 1.61. The third-order valence-electron chi connectivity index (χ3n) is 2.45. The molecule has 3 nitrogen and oxygen atoms in total. The molecule has 0 amide bonds. The summed E-state index contributed by atoms with van der Waals surface area (Å²) < 4.78 is 5.27. The van der Waals surface area contributed by atoms with Gasteiger partial charge in [0.05, 0.1) is 11.3 Å². The molecular weight excluding hydrogens is 220 g/mol. The number of nitrogens with two attached hydrogens (primary N) is 1. The Morgan fingerprint density at radius 1 is 1.56 bits per heavy atom. The van der Waals surface area contributed by atoms with Crippen LogP contribution in [0.5, 0.6) is 0 Å². The van der Waals surface area contributed by atoms with Crippen molar-refractivity contribution in [2.24, 2.45) is 5.73 Å². The maximum absolute atomic E-state index is 6.06. The lowest BCUT2D eigenvalue weighted by atomic mass is 10.1. The van der Waals surface area contributed by atoms with Gasteiger partial charge in [-0.05, 0) is 25.5 Å². The van der Waals surface area contributed by atoms with Gasteiger partial charge in [-0.15, -0.1) is 11.3 Å². The standard InChI is InChI=1S/C12H16N2OS/c1-9-8-16-12(14-9)7-10(13)4-5-11-3-2-6-15-11/h2-3,6,8,10H,4-5,7,13H2,1H3. The van der Waals surface area contributed by atoms with Gasteiger partial charge >= 0.3 is 0 Å². The van der Waals surface area contributed by atoms with E-state index in [-0.39, 0.29) is 6.04 Å². The smallest absolute Gasteiger partial charge is 0.103 e. The van der Waals surface area contributed by atoms with Crippen LogP contribution in [-0.2, 0) is 12.8 Å². The van der Waals surface area contributed by atoms with E-state index in [9.17, 15) is 0 Å². The van der Waals surface area contributed by atoms with E-state index in [1.165, 1.54) is 0 Å². The van der Waals surface area contributed by atoms with Crippen LogP contribution in [0, 0.1) is 6.92 Å². The molecule has 2 rings (SSSR count). The van der Waals surface area contributed by atoms with Gasteiger partial charge in [0.15, 0.2) is 0 Å². The summed E-state index contributed by atoms with van der Waals surface area (Å²) in [6.07, 6.45) is 4.40. The first kappa shape index (κ1) is 11.4. The van der Waals surface area contributed by atoms with Crippen molar-refractivity contribution in [2.45, 2.75) is 32.2 Å². The number of hydrogen-bond donors (Lipinski definition) is 1. The molecule has 86 valence electrons. The molecular formula is C12H16N2OS. The van der Waals surface area contributed by atoms with Crippen LogP contribution in [0.1, 0.15) is 22.9 Å². The second kappa shape index (κ2) is 5.27. The van der Waals surface area contributed by atoms with Crippen molar-refractivity contribution in [1.82, 2.24) is 4.98 Å². The van der Waals surface area contributed by atoms with Crippen LogP contribution in [0.2, 0.25) is 0 Å². The Hall–Kier alpha value is -1.13. The number of furan rings is 1. The van der Waals surface area contributed by atoms with Crippen LogP contribution in [0.3, 0.4) is 0 Å².